The maximum absolute atomic E-state index is 15.7. The average molecular weight is 616 g/mol. The van der Waals surface area contributed by atoms with Crippen LogP contribution in [0, 0.1) is 11.7 Å². The van der Waals surface area contributed by atoms with Crippen LogP contribution >= 0.6 is 15.9 Å². The highest BCUT2D eigenvalue weighted by molar-refractivity contribution is 9.10. The van der Waals surface area contributed by atoms with Crippen molar-refractivity contribution in [3.05, 3.63) is 87.7 Å². The van der Waals surface area contributed by atoms with Crippen LogP contribution in [-0.4, -0.2) is 61.0 Å². The summed E-state index contributed by atoms with van der Waals surface area (Å²) in [5, 5.41) is 4.93. The van der Waals surface area contributed by atoms with Crippen molar-refractivity contribution in [1.82, 2.24) is 29.5 Å². The molecule has 4 aromatic rings. The Morgan fingerprint density at radius 1 is 1.15 bits per heavy atom. The van der Waals surface area contributed by atoms with Crippen LogP contribution in [0.4, 0.5) is 4.39 Å². The Hall–Kier alpha value is -3.79. The lowest BCUT2D eigenvalue weighted by Crippen LogP contribution is -2.55. The van der Waals surface area contributed by atoms with Gasteiger partial charge in [0.15, 0.2) is 0 Å². The second-order valence-electron chi connectivity index (χ2n) is 11.9. The second kappa shape index (κ2) is 8.85. The largest absolute Gasteiger partial charge is 0.344 e. The maximum atomic E-state index is 15.7. The number of rotatable bonds is 4. The molecular weight excluding hydrogens is 587 g/mol. The molecule has 2 aliphatic heterocycles. The quantitative estimate of drug-likeness (QED) is 0.327. The number of imidazole rings is 1. The molecule has 4 heterocycles. The van der Waals surface area contributed by atoms with E-state index in [9.17, 15) is 9.59 Å². The molecule has 0 spiro atoms. The van der Waals surface area contributed by atoms with Gasteiger partial charge in [-0.25, -0.2) is 14.1 Å². The van der Waals surface area contributed by atoms with Crippen molar-refractivity contribution in [2.24, 2.45) is 5.92 Å². The number of H-pyrrole nitrogens is 1. The SMILES string of the molecule is C=CC(=O)N1CCc2nn(-c3ccc(C45CC(C4)C5)cc3F)c3c2C(C1)N(C(=O)c1ccc(Br)c2nc[nH]c12)CC3. The zero-order valence-electron chi connectivity index (χ0n) is 22.4. The van der Waals surface area contributed by atoms with Gasteiger partial charge in [-0.1, -0.05) is 12.6 Å². The van der Waals surface area contributed by atoms with Crippen LogP contribution in [0.3, 0.4) is 0 Å². The number of nitrogens with one attached hydrogen (secondary N) is 1. The zero-order valence-corrected chi connectivity index (χ0v) is 24.0. The summed E-state index contributed by atoms with van der Waals surface area (Å²) in [5.74, 6) is 0.220. The standard InChI is InChI=1S/C31H28BrFN6O2/c1-2-26(40)37-9-7-22-27-24(39(36-22)23-6-3-18(11-21(23)33)31-12-17(13-31)14-31)8-10-38(25(27)15-37)30(41)19-4-5-20(32)29-28(19)34-16-35-29/h2-6,11,16-17,25H,1,7-10,12-15H2,(H,34,35). The minimum absolute atomic E-state index is 0.150. The molecule has 5 aliphatic rings. The highest BCUT2D eigenvalue weighted by atomic mass is 79.9. The molecule has 1 unspecified atom stereocenters. The number of aromatic nitrogens is 4. The average Bonchev–Trinajstić information content (AvgIpc) is 3.50. The summed E-state index contributed by atoms with van der Waals surface area (Å²) in [7, 11) is 0. The number of nitrogens with zero attached hydrogens (tertiary/aromatic N) is 5. The van der Waals surface area contributed by atoms with Crippen LogP contribution in [0.15, 0.2) is 53.8 Å². The van der Waals surface area contributed by atoms with Gasteiger partial charge >= 0.3 is 0 Å². The highest BCUT2D eigenvalue weighted by Gasteiger charge is 2.57. The molecule has 2 bridgehead atoms. The van der Waals surface area contributed by atoms with E-state index >= 15 is 4.39 Å². The third kappa shape index (κ3) is 3.55. The van der Waals surface area contributed by atoms with Gasteiger partial charge in [0, 0.05) is 42.5 Å². The van der Waals surface area contributed by atoms with Crippen molar-refractivity contribution < 1.29 is 14.0 Å². The molecule has 2 aromatic carbocycles. The molecule has 208 valence electrons. The smallest absolute Gasteiger partial charge is 0.256 e. The Labute approximate surface area is 244 Å². The molecule has 1 atom stereocenters. The van der Waals surface area contributed by atoms with Crippen LogP contribution in [0.2, 0.25) is 0 Å². The van der Waals surface area contributed by atoms with Crippen LogP contribution in [0.5, 0.6) is 0 Å². The van der Waals surface area contributed by atoms with E-state index in [1.807, 2.05) is 17.0 Å². The lowest BCUT2D eigenvalue weighted by molar-refractivity contribution is -0.126. The van der Waals surface area contributed by atoms with Crippen LogP contribution < -0.4 is 0 Å². The number of fused-ring (bicyclic) bond motifs is 1. The summed E-state index contributed by atoms with van der Waals surface area (Å²) in [6.45, 7) is 4.85. The highest BCUT2D eigenvalue weighted by Crippen LogP contribution is 2.65. The molecule has 2 aromatic heterocycles. The lowest BCUT2D eigenvalue weighted by atomic mass is 9.42. The van der Waals surface area contributed by atoms with Gasteiger partial charge in [-0.05, 0) is 82.4 Å². The minimum atomic E-state index is -0.425. The molecule has 0 saturated heterocycles. The Morgan fingerprint density at radius 2 is 1.98 bits per heavy atom. The Bertz CT molecular complexity index is 1780. The predicted molar refractivity (Wildman–Crippen MR) is 154 cm³/mol. The summed E-state index contributed by atoms with van der Waals surface area (Å²) in [5.41, 5.74) is 6.19. The Morgan fingerprint density at radius 3 is 2.71 bits per heavy atom. The molecule has 2 amide bonds. The van der Waals surface area contributed by atoms with E-state index in [2.05, 4.69) is 38.5 Å². The first-order valence-corrected chi connectivity index (χ1v) is 14.9. The number of benzene rings is 2. The monoisotopic (exact) mass is 614 g/mol. The van der Waals surface area contributed by atoms with E-state index in [0.717, 1.165) is 32.9 Å². The summed E-state index contributed by atoms with van der Waals surface area (Å²) >= 11 is 3.52. The molecular formula is C31H28BrFN6O2. The van der Waals surface area contributed by atoms with Gasteiger partial charge in [0.2, 0.25) is 5.91 Å². The zero-order chi connectivity index (χ0) is 28.0. The number of carbonyl (C=O) groups excluding carboxylic acids is 2. The second-order valence-corrected chi connectivity index (χ2v) is 12.7. The number of carbonyl (C=O) groups is 2. The normalized spacial score (nSPS) is 24.3. The summed E-state index contributed by atoms with van der Waals surface area (Å²) in [6.07, 6.45) is 7.43. The van der Waals surface area contributed by atoms with Crippen LogP contribution in [-0.2, 0) is 23.1 Å². The van der Waals surface area contributed by atoms with Crippen LogP contribution in [0.1, 0.15) is 58.2 Å². The fraction of sp³-hybridized carbons (Fsp3) is 0.355. The number of hydrogen-bond acceptors (Lipinski definition) is 4. The molecule has 1 N–H and O–H groups in total. The van der Waals surface area contributed by atoms with Gasteiger partial charge in [0.25, 0.3) is 5.91 Å². The number of aromatic amines is 1. The summed E-state index contributed by atoms with van der Waals surface area (Å²) in [6, 6.07) is 8.83. The molecule has 9 rings (SSSR count). The Balaban J connectivity index is 1.21. The lowest BCUT2D eigenvalue weighted by Gasteiger charge is -2.62. The van der Waals surface area contributed by atoms with Gasteiger partial charge < -0.3 is 14.8 Å². The van der Waals surface area contributed by atoms with E-state index in [4.69, 9.17) is 5.10 Å². The summed E-state index contributed by atoms with van der Waals surface area (Å²) < 4.78 is 18.3. The molecule has 8 nitrogen and oxygen atoms in total. The first-order valence-electron chi connectivity index (χ1n) is 14.1. The maximum Gasteiger partial charge on any atom is 0.256 e. The van der Waals surface area contributed by atoms with Crippen molar-refractivity contribution >= 4 is 38.8 Å². The van der Waals surface area contributed by atoms with E-state index in [1.54, 1.807) is 28.0 Å². The third-order valence-corrected chi connectivity index (χ3v) is 10.4. The van der Waals surface area contributed by atoms with Gasteiger partial charge in [-0.3, -0.25) is 9.59 Å². The first-order chi connectivity index (χ1) is 19.9. The van der Waals surface area contributed by atoms with Crippen molar-refractivity contribution in [3.63, 3.8) is 0 Å². The van der Waals surface area contributed by atoms with Crippen LogP contribution in [0.25, 0.3) is 16.7 Å². The van der Waals surface area contributed by atoms with Gasteiger partial charge in [0.05, 0.1) is 34.8 Å². The fourth-order valence-electron chi connectivity index (χ4n) is 7.54. The molecule has 0 radical (unpaired) electrons. The van der Waals surface area contributed by atoms with Crippen molar-refractivity contribution in [2.75, 3.05) is 19.6 Å². The van der Waals surface area contributed by atoms with Crippen molar-refractivity contribution in [1.29, 1.82) is 0 Å². The van der Waals surface area contributed by atoms with E-state index in [-0.39, 0.29) is 23.0 Å². The van der Waals surface area contributed by atoms with Crippen molar-refractivity contribution in [2.45, 2.75) is 43.6 Å². The predicted octanol–water partition coefficient (Wildman–Crippen LogP) is 5.01. The topological polar surface area (TPSA) is 87.1 Å². The summed E-state index contributed by atoms with van der Waals surface area (Å²) in [4.78, 5) is 37.9. The minimum Gasteiger partial charge on any atom is -0.344 e. The molecule has 41 heavy (non-hydrogen) atoms. The van der Waals surface area contributed by atoms with Gasteiger partial charge in [-0.2, -0.15) is 5.10 Å². The number of halogens is 2. The number of amides is 2. The molecule has 3 fully saturated rings. The molecule has 10 heteroatoms. The first kappa shape index (κ1) is 25.0. The van der Waals surface area contributed by atoms with E-state index in [0.29, 0.717) is 54.8 Å². The fourth-order valence-corrected chi connectivity index (χ4v) is 7.97. The van der Waals surface area contributed by atoms with Crippen molar-refractivity contribution in [3.8, 4) is 5.69 Å². The van der Waals surface area contributed by atoms with Gasteiger partial charge in [0.1, 0.15) is 17.0 Å². The van der Waals surface area contributed by atoms with E-state index in [1.165, 1.54) is 25.3 Å². The number of hydrogen-bond donors (Lipinski definition) is 1. The molecule has 3 aliphatic carbocycles. The Kier molecular flexibility index (Phi) is 5.39. The molecule has 3 saturated carbocycles. The van der Waals surface area contributed by atoms with E-state index < -0.39 is 6.04 Å². The third-order valence-electron chi connectivity index (χ3n) is 9.74. The van der Waals surface area contributed by atoms with Gasteiger partial charge in [-0.15, -0.1) is 0 Å².